The molecule has 106 valence electrons. The van der Waals surface area contributed by atoms with Gasteiger partial charge in [-0.05, 0) is 32.8 Å². The predicted molar refractivity (Wildman–Crippen MR) is 75.4 cm³/mol. The molecular formula is C15H23NO3. The summed E-state index contributed by atoms with van der Waals surface area (Å²) in [6, 6.07) is 5.81. The molecule has 0 aliphatic rings. The number of nitrogens with one attached hydrogen (secondary N) is 1. The van der Waals surface area contributed by atoms with E-state index >= 15 is 0 Å². The lowest BCUT2D eigenvalue weighted by atomic mass is 10.1. The summed E-state index contributed by atoms with van der Waals surface area (Å²) in [6.45, 7) is 4.33. The van der Waals surface area contributed by atoms with E-state index in [0.717, 1.165) is 23.3 Å². The molecule has 1 unspecified atom stereocenters. The Labute approximate surface area is 114 Å². The number of benzene rings is 1. The standard InChI is InChI=1S/C15H23NO3/c1-11-6-7-14(19-3)13(9-11)10-15(18)16-8-4-5-12(2)17/h6-7,9,12,17H,4-5,8,10H2,1-3H3,(H,16,18). The third kappa shape index (κ3) is 5.75. The van der Waals surface area contributed by atoms with E-state index in [-0.39, 0.29) is 12.0 Å². The molecule has 0 aliphatic heterocycles. The molecule has 4 nitrogen and oxygen atoms in total. The van der Waals surface area contributed by atoms with Crippen molar-refractivity contribution in [3.63, 3.8) is 0 Å². The number of hydrogen-bond acceptors (Lipinski definition) is 3. The van der Waals surface area contributed by atoms with Gasteiger partial charge in [0.1, 0.15) is 5.75 Å². The first-order valence-corrected chi connectivity index (χ1v) is 6.61. The molecule has 2 N–H and O–H groups in total. The summed E-state index contributed by atoms with van der Waals surface area (Å²) in [6.07, 6.45) is 1.50. The molecule has 0 bridgehead atoms. The van der Waals surface area contributed by atoms with Crippen molar-refractivity contribution in [1.29, 1.82) is 0 Å². The molecular weight excluding hydrogens is 242 g/mol. The summed E-state index contributed by atoms with van der Waals surface area (Å²) in [5.41, 5.74) is 2.01. The van der Waals surface area contributed by atoms with Crippen LogP contribution in [-0.2, 0) is 11.2 Å². The maximum atomic E-state index is 11.8. The molecule has 1 aromatic carbocycles. The molecule has 4 heteroatoms. The van der Waals surface area contributed by atoms with Gasteiger partial charge in [0.25, 0.3) is 0 Å². The second-order valence-electron chi connectivity index (χ2n) is 4.83. The van der Waals surface area contributed by atoms with Crippen molar-refractivity contribution in [2.75, 3.05) is 13.7 Å². The van der Waals surface area contributed by atoms with Crippen LogP contribution in [0, 0.1) is 6.92 Å². The van der Waals surface area contributed by atoms with E-state index in [0.29, 0.717) is 19.4 Å². The first-order chi connectivity index (χ1) is 9.02. The van der Waals surface area contributed by atoms with E-state index in [2.05, 4.69) is 5.32 Å². The van der Waals surface area contributed by atoms with Gasteiger partial charge in [-0.1, -0.05) is 17.7 Å². The Balaban J connectivity index is 2.45. The largest absolute Gasteiger partial charge is 0.496 e. The van der Waals surface area contributed by atoms with E-state index in [4.69, 9.17) is 9.84 Å². The van der Waals surface area contributed by atoms with E-state index < -0.39 is 0 Å². The molecule has 19 heavy (non-hydrogen) atoms. The Morgan fingerprint density at radius 3 is 2.84 bits per heavy atom. The van der Waals surface area contributed by atoms with Crippen LogP contribution in [0.15, 0.2) is 18.2 Å². The van der Waals surface area contributed by atoms with Crippen molar-refractivity contribution in [3.8, 4) is 5.75 Å². The number of aliphatic hydroxyl groups excluding tert-OH is 1. The lowest BCUT2D eigenvalue weighted by molar-refractivity contribution is -0.120. The quantitative estimate of drug-likeness (QED) is 0.739. The first-order valence-electron chi connectivity index (χ1n) is 6.61. The zero-order chi connectivity index (χ0) is 14.3. The normalized spacial score (nSPS) is 12.0. The van der Waals surface area contributed by atoms with Crippen LogP contribution in [0.4, 0.5) is 0 Å². The van der Waals surface area contributed by atoms with Gasteiger partial charge in [-0.15, -0.1) is 0 Å². The van der Waals surface area contributed by atoms with Crippen LogP contribution < -0.4 is 10.1 Å². The summed E-state index contributed by atoms with van der Waals surface area (Å²) in [5.74, 6) is 0.722. The monoisotopic (exact) mass is 265 g/mol. The second-order valence-corrected chi connectivity index (χ2v) is 4.83. The summed E-state index contributed by atoms with van der Waals surface area (Å²) in [4.78, 5) is 11.8. The number of aryl methyl sites for hydroxylation is 1. The average molecular weight is 265 g/mol. The second kappa shape index (κ2) is 7.79. The zero-order valence-corrected chi connectivity index (χ0v) is 11.9. The number of hydrogen-bond donors (Lipinski definition) is 2. The van der Waals surface area contributed by atoms with E-state index in [9.17, 15) is 4.79 Å². The van der Waals surface area contributed by atoms with Crippen LogP contribution in [-0.4, -0.2) is 30.8 Å². The number of ether oxygens (including phenoxy) is 1. The van der Waals surface area contributed by atoms with Crippen molar-refractivity contribution in [2.24, 2.45) is 0 Å². The van der Waals surface area contributed by atoms with Crippen molar-refractivity contribution in [3.05, 3.63) is 29.3 Å². The van der Waals surface area contributed by atoms with Crippen molar-refractivity contribution < 1.29 is 14.6 Å². The van der Waals surface area contributed by atoms with E-state index in [1.54, 1.807) is 14.0 Å². The van der Waals surface area contributed by atoms with Crippen LogP contribution in [0.2, 0.25) is 0 Å². The van der Waals surface area contributed by atoms with E-state index in [1.807, 2.05) is 25.1 Å². The van der Waals surface area contributed by atoms with Gasteiger partial charge in [0.05, 0.1) is 19.6 Å². The van der Waals surface area contributed by atoms with E-state index in [1.165, 1.54) is 0 Å². The minimum Gasteiger partial charge on any atom is -0.496 e. The highest BCUT2D eigenvalue weighted by Crippen LogP contribution is 2.19. The highest BCUT2D eigenvalue weighted by molar-refractivity contribution is 5.79. The lowest BCUT2D eigenvalue weighted by Crippen LogP contribution is -2.26. The molecule has 0 aliphatic carbocycles. The molecule has 0 saturated heterocycles. The Bertz CT molecular complexity index is 416. The lowest BCUT2D eigenvalue weighted by Gasteiger charge is -2.10. The molecule has 1 atom stereocenters. The number of rotatable bonds is 7. The molecule has 1 rings (SSSR count). The molecule has 0 radical (unpaired) electrons. The number of carbonyl (C=O) groups is 1. The van der Waals surface area contributed by atoms with Crippen LogP contribution >= 0.6 is 0 Å². The van der Waals surface area contributed by atoms with Gasteiger partial charge in [-0.25, -0.2) is 0 Å². The molecule has 1 amide bonds. The fraction of sp³-hybridized carbons (Fsp3) is 0.533. The number of methoxy groups -OCH3 is 1. The highest BCUT2D eigenvalue weighted by Gasteiger charge is 2.08. The SMILES string of the molecule is COc1ccc(C)cc1CC(=O)NCCCC(C)O. The van der Waals surface area contributed by atoms with Crippen LogP contribution in [0.5, 0.6) is 5.75 Å². The third-order valence-corrected chi connectivity index (χ3v) is 2.91. The molecule has 0 fully saturated rings. The fourth-order valence-corrected chi connectivity index (χ4v) is 1.91. The molecule has 0 saturated carbocycles. The maximum Gasteiger partial charge on any atom is 0.224 e. The number of aliphatic hydroxyl groups is 1. The van der Waals surface area contributed by atoms with Crippen LogP contribution in [0.1, 0.15) is 30.9 Å². The van der Waals surface area contributed by atoms with Crippen molar-refractivity contribution in [1.82, 2.24) is 5.32 Å². The zero-order valence-electron chi connectivity index (χ0n) is 11.9. The van der Waals surface area contributed by atoms with Crippen LogP contribution in [0.25, 0.3) is 0 Å². The topological polar surface area (TPSA) is 58.6 Å². The van der Waals surface area contributed by atoms with Gasteiger partial charge in [0.15, 0.2) is 0 Å². The summed E-state index contributed by atoms with van der Waals surface area (Å²) in [7, 11) is 1.61. The average Bonchev–Trinajstić information content (AvgIpc) is 2.35. The number of amides is 1. The number of carbonyl (C=O) groups excluding carboxylic acids is 1. The fourth-order valence-electron chi connectivity index (χ4n) is 1.91. The van der Waals surface area contributed by atoms with Crippen LogP contribution in [0.3, 0.4) is 0 Å². The minimum absolute atomic E-state index is 0.0190. The highest BCUT2D eigenvalue weighted by atomic mass is 16.5. The van der Waals surface area contributed by atoms with Gasteiger partial charge in [0, 0.05) is 12.1 Å². The third-order valence-electron chi connectivity index (χ3n) is 2.91. The van der Waals surface area contributed by atoms with Crippen molar-refractivity contribution in [2.45, 2.75) is 39.2 Å². The van der Waals surface area contributed by atoms with Gasteiger partial charge in [-0.2, -0.15) is 0 Å². The summed E-state index contributed by atoms with van der Waals surface area (Å²) >= 11 is 0. The smallest absolute Gasteiger partial charge is 0.224 e. The molecule has 0 heterocycles. The predicted octanol–water partition coefficient (Wildman–Crippen LogP) is 1.82. The molecule has 0 aromatic heterocycles. The molecule has 1 aromatic rings. The Morgan fingerprint density at radius 2 is 2.21 bits per heavy atom. The van der Waals surface area contributed by atoms with Gasteiger partial charge < -0.3 is 15.2 Å². The van der Waals surface area contributed by atoms with Gasteiger partial charge in [0.2, 0.25) is 5.91 Å². The van der Waals surface area contributed by atoms with Gasteiger partial charge >= 0.3 is 0 Å². The first kappa shape index (κ1) is 15.5. The Hall–Kier alpha value is -1.55. The summed E-state index contributed by atoms with van der Waals surface area (Å²) < 4.78 is 5.25. The minimum atomic E-state index is -0.311. The van der Waals surface area contributed by atoms with Crippen molar-refractivity contribution >= 4 is 5.91 Å². The summed E-state index contributed by atoms with van der Waals surface area (Å²) in [5, 5.41) is 12.0. The van der Waals surface area contributed by atoms with Gasteiger partial charge in [-0.3, -0.25) is 4.79 Å². The Morgan fingerprint density at radius 1 is 1.47 bits per heavy atom. The molecule has 0 spiro atoms. The maximum absolute atomic E-state index is 11.8. The Kier molecular flexibility index (Phi) is 6.36.